The van der Waals surface area contributed by atoms with E-state index in [0.29, 0.717) is 5.41 Å². The number of ether oxygens (including phenoxy) is 1. The van der Waals surface area contributed by atoms with Gasteiger partial charge in [-0.25, -0.2) is 0 Å². The molecule has 0 bridgehead atoms. The second kappa shape index (κ2) is 6.58. The van der Waals surface area contributed by atoms with Gasteiger partial charge in [0.1, 0.15) is 0 Å². The van der Waals surface area contributed by atoms with Crippen LogP contribution in [0.3, 0.4) is 0 Å². The van der Waals surface area contributed by atoms with Crippen molar-refractivity contribution in [2.75, 3.05) is 19.8 Å². The molecule has 2 heteroatoms. The summed E-state index contributed by atoms with van der Waals surface area (Å²) in [7, 11) is 0. The van der Waals surface area contributed by atoms with Crippen molar-refractivity contribution in [2.45, 2.75) is 77.7 Å². The van der Waals surface area contributed by atoms with Crippen LogP contribution in [0.25, 0.3) is 0 Å². The van der Waals surface area contributed by atoms with Gasteiger partial charge in [-0.1, -0.05) is 32.1 Å². The van der Waals surface area contributed by atoms with E-state index in [1.165, 1.54) is 51.4 Å². The number of nitrogens with one attached hydrogen (secondary N) is 1. The fraction of sp³-hybridized carbons (Fsp3) is 1.00. The van der Waals surface area contributed by atoms with E-state index >= 15 is 0 Å². The Bertz CT molecular complexity index is 257. The van der Waals surface area contributed by atoms with Crippen molar-refractivity contribution in [2.24, 2.45) is 11.3 Å². The maximum Gasteiger partial charge on any atom is 0.0534 e. The van der Waals surface area contributed by atoms with Crippen LogP contribution in [0.5, 0.6) is 0 Å². The van der Waals surface area contributed by atoms with Gasteiger partial charge < -0.3 is 10.1 Å². The van der Waals surface area contributed by atoms with E-state index in [1.54, 1.807) is 0 Å². The molecule has 0 aromatic carbocycles. The summed E-state index contributed by atoms with van der Waals surface area (Å²) in [6, 6.07) is 0. The third kappa shape index (κ3) is 5.07. The van der Waals surface area contributed by atoms with E-state index in [2.05, 4.69) is 26.1 Å². The Morgan fingerprint density at radius 2 is 1.84 bits per heavy atom. The van der Waals surface area contributed by atoms with Crippen molar-refractivity contribution in [1.29, 1.82) is 0 Å². The van der Waals surface area contributed by atoms with Crippen LogP contribution in [0.2, 0.25) is 0 Å². The molecule has 2 rings (SSSR count). The van der Waals surface area contributed by atoms with Crippen molar-refractivity contribution >= 4 is 0 Å². The van der Waals surface area contributed by atoms with Crippen LogP contribution in [0.4, 0.5) is 0 Å². The molecule has 112 valence electrons. The van der Waals surface area contributed by atoms with E-state index in [-0.39, 0.29) is 5.54 Å². The molecule has 2 fully saturated rings. The van der Waals surface area contributed by atoms with Crippen molar-refractivity contribution in [3.63, 3.8) is 0 Å². The normalized spacial score (nSPS) is 30.5. The molecule has 0 aromatic rings. The van der Waals surface area contributed by atoms with Crippen molar-refractivity contribution in [1.82, 2.24) is 5.32 Å². The van der Waals surface area contributed by atoms with Crippen LogP contribution >= 0.6 is 0 Å². The van der Waals surface area contributed by atoms with E-state index in [0.717, 1.165) is 25.7 Å². The van der Waals surface area contributed by atoms with Crippen LogP contribution in [0.1, 0.15) is 72.1 Å². The minimum absolute atomic E-state index is 0.219. The first-order chi connectivity index (χ1) is 8.99. The standard InChI is InChI=1S/C17H33NO/c1-16(2,3)18-13-17(10-7-11-19-14-17)12-15-8-5-4-6-9-15/h15,18H,4-14H2,1-3H3. The molecule has 1 atom stereocenters. The second-order valence-electron chi connectivity index (χ2n) is 7.97. The van der Waals surface area contributed by atoms with Crippen LogP contribution in [-0.2, 0) is 4.74 Å². The third-order valence-electron chi connectivity index (χ3n) is 4.84. The van der Waals surface area contributed by atoms with Gasteiger partial charge in [-0.15, -0.1) is 0 Å². The molecule has 1 N–H and O–H groups in total. The molecule has 2 nitrogen and oxygen atoms in total. The lowest BCUT2D eigenvalue weighted by molar-refractivity contribution is -0.0260. The highest BCUT2D eigenvalue weighted by atomic mass is 16.5. The molecule has 0 aromatic heterocycles. The molecule has 1 saturated heterocycles. The topological polar surface area (TPSA) is 21.3 Å². The SMILES string of the molecule is CC(C)(C)NCC1(CC2CCCCC2)CCCOC1. The Balaban J connectivity index is 1.93. The quantitative estimate of drug-likeness (QED) is 0.826. The molecule has 1 aliphatic carbocycles. The highest BCUT2D eigenvalue weighted by molar-refractivity contribution is 4.89. The lowest BCUT2D eigenvalue weighted by Crippen LogP contribution is -2.48. The predicted octanol–water partition coefficient (Wildman–Crippen LogP) is 4.14. The first-order valence-electron chi connectivity index (χ1n) is 8.32. The Labute approximate surface area is 119 Å². The van der Waals surface area contributed by atoms with Gasteiger partial charge in [-0.2, -0.15) is 0 Å². The summed E-state index contributed by atoms with van der Waals surface area (Å²) in [5, 5.41) is 3.74. The molecule has 0 amide bonds. The fourth-order valence-electron chi connectivity index (χ4n) is 3.74. The van der Waals surface area contributed by atoms with E-state index in [4.69, 9.17) is 4.74 Å². The molecule has 19 heavy (non-hydrogen) atoms. The predicted molar refractivity (Wildman–Crippen MR) is 81.4 cm³/mol. The average Bonchev–Trinajstić information content (AvgIpc) is 2.38. The first kappa shape index (κ1) is 15.3. The van der Waals surface area contributed by atoms with Gasteiger partial charge in [-0.05, 0) is 46.0 Å². The Morgan fingerprint density at radius 1 is 1.11 bits per heavy atom. The summed E-state index contributed by atoms with van der Waals surface area (Å²) >= 11 is 0. The lowest BCUT2D eigenvalue weighted by Gasteiger charge is -2.42. The highest BCUT2D eigenvalue weighted by Gasteiger charge is 2.36. The summed E-state index contributed by atoms with van der Waals surface area (Å²) < 4.78 is 5.85. The van der Waals surface area contributed by atoms with Crippen LogP contribution in [-0.4, -0.2) is 25.3 Å². The molecule has 0 radical (unpaired) electrons. The zero-order valence-electron chi connectivity index (χ0n) is 13.3. The molecule has 1 heterocycles. The first-order valence-corrected chi connectivity index (χ1v) is 8.32. The molecular formula is C17H33NO. The van der Waals surface area contributed by atoms with Crippen LogP contribution in [0.15, 0.2) is 0 Å². The molecule has 2 aliphatic rings. The number of hydrogen-bond donors (Lipinski definition) is 1. The maximum absolute atomic E-state index is 5.85. The highest BCUT2D eigenvalue weighted by Crippen LogP contribution is 2.39. The monoisotopic (exact) mass is 267 g/mol. The smallest absolute Gasteiger partial charge is 0.0534 e. The van der Waals surface area contributed by atoms with Crippen molar-refractivity contribution in [3.8, 4) is 0 Å². The summed E-state index contributed by atoms with van der Waals surface area (Å²) in [6.45, 7) is 9.89. The molecule has 1 unspecified atom stereocenters. The van der Waals surface area contributed by atoms with Crippen molar-refractivity contribution < 1.29 is 4.74 Å². The van der Waals surface area contributed by atoms with Crippen LogP contribution < -0.4 is 5.32 Å². The average molecular weight is 267 g/mol. The minimum atomic E-state index is 0.219. The largest absolute Gasteiger partial charge is 0.381 e. The van der Waals surface area contributed by atoms with Gasteiger partial charge in [0.15, 0.2) is 0 Å². The Morgan fingerprint density at radius 3 is 2.42 bits per heavy atom. The van der Waals surface area contributed by atoms with Gasteiger partial charge in [0.2, 0.25) is 0 Å². The summed E-state index contributed by atoms with van der Waals surface area (Å²) in [4.78, 5) is 0. The molecular weight excluding hydrogens is 234 g/mol. The van der Waals surface area contributed by atoms with Gasteiger partial charge >= 0.3 is 0 Å². The van der Waals surface area contributed by atoms with Gasteiger partial charge in [0.05, 0.1) is 6.61 Å². The second-order valence-corrected chi connectivity index (χ2v) is 7.97. The fourth-order valence-corrected chi connectivity index (χ4v) is 3.74. The third-order valence-corrected chi connectivity index (χ3v) is 4.84. The zero-order chi connectivity index (χ0) is 13.8. The molecule has 1 saturated carbocycles. The minimum Gasteiger partial charge on any atom is -0.381 e. The Kier molecular flexibility index (Phi) is 5.30. The van der Waals surface area contributed by atoms with Gasteiger partial charge in [-0.3, -0.25) is 0 Å². The Hall–Kier alpha value is -0.0800. The zero-order valence-corrected chi connectivity index (χ0v) is 13.3. The lowest BCUT2D eigenvalue weighted by atomic mass is 9.71. The summed E-state index contributed by atoms with van der Waals surface area (Å²) in [5.41, 5.74) is 0.630. The molecule has 0 spiro atoms. The summed E-state index contributed by atoms with van der Waals surface area (Å²) in [5.74, 6) is 0.956. The van der Waals surface area contributed by atoms with Crippen molar-refractivity contribution in [3.05, 3.63) is 0 Å². The molecule has 1 aliphatic heterocycles. The number of rotatable bonds is 4. The van der Waals surface area contributed by atoms with Gasteiger partial charge in [0, 0.05) is 24.1 Å². The number of hydrogen-bond acceptors (Lipinski definition) is 2. The summed E-state index contributed by atoms with van der Waals surface area (Å²) in [6.07, 6.45) is 11.3. The maximum atomic E-state index is 5.85. The van der Waals surface area contributed by atoms with E-state index in [9.17, 15) is 0 Å². The van der Waals surface area contributed by atoms with Crippen LogP contribution in [0, 0.1) is 11.3 Å². The van der Waals surface area contributed by atoms with Gasteiger partial charge in [0.25, 0.3) is 0 Å². The van der Waals surface area contributed by atoms with E-state index in [1.807, 2.05) is 0 Å². The van der Waals surface area contributed by atoms with E-state index < -0.39 is 0 Å².